The van der Waals surface area contributed by atoms with Gasteiger partial charge >= 0.3 is 5.69 Å². The first-order chi connectivity index (χ1) is 8.26. The molecule has 96 valence electrons. The van der Waals surface area contributed by atoms with Crippen molar-refractivity contribution in [3.63, 3.8) is 0 Å². The highest BCUT2D eigenvalue weighted by Gasteiger charge is 2.30. The highest BCUT2D eigenvalue weighted by atomic mass is 32.2. The standard InChI is InChI=1S/C11H20N4OS/c1-3-6-15-10(16)13-14-11(15)17-7-9(12-2)8-4-5-8/h8-9,12H,3-7H2,1-2H3,(H,13,16). The third-order valence-corrected chi connectivity index (χ3v) is 4.22. The number of H-pyrrole nitrogens is 1. The lowest BCUT2D eigenvalue weighted by atomic mass is 10.2. The summed E-state index contributed by atoms with van der Waals surface area (Å²) in [6.07, 6.45) is 3.61. The van der Waals surface area contributed by atoms with E-state index in [-0.39, 0.29) is 5.69 Å². The van der Waals surface area contributed by atoms with Crippen LogP contribution >= 0.6 is 11.8 Å². The van der Waals surface area contributed by atoms with Crippen LogP contribution in [0.3, 0.4) is 0 Å². The van der Waals surface area contributed by atoms with Crippen LogP contribution in [-0.2, 0) is 6.54 Å². The van der Waals surface area contributed by atoms with E-state index in [0.29, 0.717) is 6.04 Å². The van der Waals surface area contributed by atoms with Crippen LogP contribution in [0.1, 0.15) is 26.2 Å². The van der Waals surface area contributed by atoms with Gasteiger partial charge < -0.3 is 5.32 Å². The van der Waals surface area contributed by atoms with E-state index in [4.69, 9.17) is 0 Å². The maximum absolute atomic E-state index is 11.5. The highest BCUT2D eigenvalue weighted by Crippen LogP contribution is 2.34. The fourth-order valence-corrected chi connectivity index (χ4v) is 3.16. The molecular formula is C11H20N4OS. The maximum Gasteiger partial charge on any atom is 0.343 e. The van der Waals surface area contributed by atoms with E-state index in [9.17, 15) is 4.79 Å². The zero-order valence-corrected chi connectivity index (χ0v) is 11.2. The van der Waals surface area contributed by atoms with E-state index in [1.165, 1.54) is 12.8 Å². The van der Waals surface area contributed by atoms with Crippen LogP contribution in [0.2, 0.25) is 0 Å². The number of aromatic nitrogens is 3. The summed E-state index contributed by atoms with van der Waals surface area (Å²) in [5, 5.41) is 10.8. The number of thioether (sulfide) groups is 1. The third kappa shape index (κ3) is 3.13. The van der Waals surface area contributed by atoms with Gasteiger partial charge in [-0.1, -0.05) is 18.7 Å². The Balaban J connectivity index is 1.95. The Kier molecular flexibility index (Phi) is 4.28. The van der Waals surface area contributed by atoms with Gasteiger partial charge in [-0.05, 0) is 32.2 Å². The second-order valence-corrected chi connectivity index (χ2v) is 5.49. The van der Waals surface area contributed by atoms with Crippen molar-refractivity contribution in [2.75, 3.05) is 12.8 Å². The Bertz CT molecular complexity index is 410. The lowest BCUT2D eigenvalue weighted by molar-refractivity contribution is 0.551. The van der Waals surface area contributed by atoms with E-state index in [2.05, 4.69) is 22.4 Å². The minimum atomic E-state index is -0.0956. The summed E-state index contributed by atoms with van der Waals surface area (Å²) >= 11 is 1.67. The Labute approximate surface area is 105 Å². The molecule has 1 aromatic heterocycles. The van der Waals surface area contributed by atoms with E-state index in [1.807, 2.05) is 7.05 Å². The molecule has 1 aromatic rings. The Hall–Kier alpha value is -0.750. The summed E-state index contributed by atoms with van der Waals surface area (Å²) in [6.45, 7) is 2.81. The summed E-state index contributed by atoms with van der Waals surface area (Å²) in [5.41, 5.74) is -0.0956. The molecule has 1 aliphatic rings. The van der Waals surface area contributed by atoms with Crippen LogP contribution in [0.15, 0.2) is 9.95 Å². The molecule has 6 heteroatoms. The quantitative estimate of drug-likeness (QED) is 0.716. The first kappa shape index (κ1) is 12.7. The van der Waals surface area contributed by atoms with Gasteiger partial charge in [-0.25, -0.2) is 9.89 Å². The van der Waals surface area contributed by atoms with Crippen LogP contribution < -0.4 is 11.0 Å². The first-order valence-electron chi connectivity index (χ1n) is 6.21. The Morgan fingerprint density at radius 2 is 2.41 bits per heavy atom. The molecule has 0 aromatic carbocycles. The number of rotatable bonds is 7. The number of aromatic amines is 1. The molecule has 5 nitrogen and oxygen atoms in total. The van der Waals surface area contributed by atoms with Crippen LogP contribution in [-0.4, -0.2) is 33.6 Å². The SMILES string of the molecule is CCCn1c(SCC(NC)C2CC2)n[nH]c1=O. The maximum atomic E-state index is 11.5. The lowest BCUT2D eigenvalue weighted by Gasteiger charge is -2.14. The molecule has 0 radical (unpaired) electrons. The molecule has 0 spiro atoms. The summed E-state index contributed by atoms with van der Waals surface area (Å²) < 4.78 is 1.73. The van der Waals surface area contributed by atoms with Gasteiger partial charge in [0.15, 0.2) is 5.16 Å². The molecule has 1 heterocycles. The normalized spacial score (nSPS) is 17.3. The van der Waals surface area contributed by atoms with E-state index < -0.39 is 0 Å². The molecular weight excluding hydrogens is 236 g/mol. The van der Waals surface area contributed by atoms with Crippen LogP contribution in [0.25, 0.3) is 0 Å². The summed E-state index contributed by atoms with van der Waals surface area (Å²) in [7, 11) is 2.01. The number of hydrogen-bond acceptors (Lipinski definition) is 4. The van der Waals surface area contributed by atoms with Crippen molar-refractivity contribution < 1.29 is 0 Å². The second kappa shape index (κ2) is 5.73. The predicted molar refractivity (Wildman–Crippen MR) is 69.4 cm³/mol. The summed E-state index contributed by atoms with van der Waals surface area (Å²) in [4.78, 5) is 11.5. The van der Waals surface area contributed by atoms with Gasteiger partial charge in [0.2, 0.25) is 0 Å². The van der Waals surface area contributed by atoms with E-state index in [1.54, 1.807) is 16.3 Å². The van der Waals surface area contributed by atoms with Gasteiger partial charge in [0.1, 0.15) is 0 Å². The van der Waals surface area contributed by atoms with Gasteiger partial charge in [-0.3, -0.25) is 4.57 Å². The second-order valence-electron chi connectivity index (χ2n) is 4.51. The predicted octanol–water partition coefficient (Wildman–Crippen LogP) is 1.07. The smallest absolute Gasteiger partial charge is 0.316 e. The van der Waals surface area contributed by atoms with Crippen molar-refractivity contribution in [3.8, 4) is 0 Å². The topological polar surface area (TPSA) is 62.7 Å². The van der Waals surface area contributed by atoms with Gasteiger partial charge in [0.05, 0.1) is 0 Å². The first-order valence-corrected chi connectivity index (χ1v) is 7.20. The zero-order chi connectivity index (χ0) is 12.3. The largest absolute Gasteiger partial charge is 0.343 e. The van der Waals surface area contributed by atoms with Crippen molar-refractivity contribution in [1.82, 2.24) is 20.1 Å². The molecule has 0 bridgehead atoms. The molecule has 2 rings (SSSR count). The fourth-order valence-electron chi connectivity index (χ4n) is 1.95. The molecule has 1 aliphatic carbocycles. The van der Waals surface area contributed by atoms with Gasteiger partial charge in [-0.2, -0.15) is 0 Å². The average molecular weight is 256 g/mol. The van der Waals surface area contributed by atoms with E-state index >= 15 is 0 Å². The molecule has 1 atom stereocenters. The van der Waals surface area contributed by atoms with Crippen molar-refractivity contribution in [3.05, 3.63) is 10.5 Å². The monoisotopic (exact) mass is 256 g/mol. The number of nitrogens with zero attached hydrogens (tertiary/aromatic N) is 2. The van der Waals surface area contributed by atoms with E-state index in [0.717, 1.165) is 29.8 Å². The highest BCUT2D eigenvalue weighted by molar-refractivity contribution is 7.99. The number of nitrogens with one attached hydrogen (secondary N) is 2. The zero-order valence-electron chi connectivity index (χ0n) is 10.4. The van der Waals surface area contributed by atoms with Crippen molar-refractivity contribution >= 4 is 11.8 Å². The molecule has 1 saturated carbocycles. The molecule has 2 N–H and O–H groups in total. The Morgan fingerprint density at radius 3 is 3.00 bits per heavy atom. The molecule has 1 unspecified atom stereocenters. The molecule has 0 aliphatic heterocycles. The van der Waals surface area contributed by atoms with Gasteiger partial charge in [-0.15, -0.1) is 5.10 Å². The molecule has 17 heavy (non-hydrogen) atoms. The molecule has 0 saturated heterocycles. The fraction of sp³-hybridized carbons (Fsp3) is 0.818. The van der Waals surface area contributed by atoms with Crippen molar-refractivity contribution in [1.29, 1.82) is 0 Å². The lowest BCUT2D eigenvalue weighted by Crippen LogP contribution is -2.30. The summed E-state index contributed by atoms with van der Waals surface area (Å²) in [6, 6.07) is 0.543. The van der Waals surface area contributed by atoms with Crippen molar-refractivity contribution in [2.24, 2.45) is 5.92 Å². The molecule has 0 amide bonds. The average Bonchev–Trinajstić information content (AvgIpc) is 3.10. The van der Waals surface area contributed by atoms with Crippen LogP contribution in [0.4, 0.5) is 0 Å². The Morgan fingerprint density at radius 1 is 1.65 bits per heavy atom. The summed E-state index contributed by atoms with van der Waals surface area (Å²) in [5.74, 6) is 1.80. The minimum absolute atomic E-state index is 0.0956. The minimum Gasteiger partial charge on any atom is -0.316 e. The van der Waals surface area contributed by atoms with Gasteiger partial charge in [0.25, 0.3) is 0 Å². The number of hydrogen-bond donors (Lipinski definition) is 2. The molecule has 1 fully saturated rings. The van der Waals surface area contributed by atoms with Gasteiger partial charge in [0, 0.05) is 18.3 Å². The van der Waals surface area contributed by atoms with Crippen LogP contribution in [0, 0.1) is 5.92 Å². The van der Waals surface area contributed by atoms with Crippen molar-refractivity contribution in [2.45, 2.75) is 43.9 Å². The van der Waals surface area contributed by atoms with Crippen LogP contribution in [0.5, 0.6) is 0 Å². The third-order valence-electron chi connectivity index (χ3n) is 3.12.